The normalized spacial score (nSPS) is 10.2. The Kier molecular flexibility index (Phi) is 6.42. The van der Waals surface area contributed by atoms with Crippen LogP contribution in [0.15, 0.2) is 34.0 Å². The van der Waals surface area contributed by atoms with Gasteiger partial charge in [-0.3, -0.25) is 9.59 Å². The first-order valence-corrected chi connectivity index (χ1v) is 8.69. The highest BCUT2D eigenvalue weighted by molar-refractivity contribution is 8.01. The molecule has 0 aliphatic heterocycles. The first-order valence-electron chi connectivity index (χ1n) is 6.82. The molecule has 0 atom stereocenters. The number of benzene rings is 1. The van der Waals surface area contributed by atoms with Gasteiger partial charge in [0.25, 0.3) is 0 Å². The molecule has 8 heteroatoms. The number of carbonyl (C=O) groups excluding carboxylic acids is 2. The third-order valence-corrected chi connectivity index (χ3v) is 4.92. The highest BCUT2D eigenvalue weighted by Gasteiger charge is 2.09. The van der Waals surface area contributed by atoms with Crippen LogP contribution in [0.5, 0.6) is 5.75 Å². The van der Waals surface area contributed by atoms with Gasteiger partial charge in [-0.15, -0.1) is 11.3 Å². The Balaban J connectivity index is 1.80. The molecule has 2 rings (SSSR count). The third-order valence-electron chi connectivity index (χ3n) is 2.85. The van der Waals surface area contributed by atoms with Gasteiger partial charge in [-0.05, 0) is 24.3 Å². The summed E-state index contributed by atoms with van der Waals surface area (Å²) in [5.74, 6) is 0.815. The van der Waals surface area contributed by atoms with Gasteiger partial charge in [0, 0.05) is 18.1 Å². The van der Waals surface area contributed by atoms with Gasteiger partial charge in [-0.1, -0.05) is 11.8 Å². The van der Waals surface area contributed by atoms with Crippen LogP contribution in [0.25, 0.3) is 0 Å². The van der Waals surface area contributed by atoms with Gasteiger partial charge >= 0.3 is 0 Å². The molecule has 0 aliphatic carbocycles. The molecule has 2 aromatic rings. The second kappa shape index (κ2) is 8.54. The van der Waals surface area contributed by atoms with Crippen molar-refractivity contribution >= 4 is 40.6 Å². The zero-order valence-corrected chi connectivity index (χ0v) is 14.4. The summed E-state index contributed by atoms with van der Waals surface area (Å²) in [5.41, 5.74) is 1.43. The van der Waals surface area contributed by atoms with Crippen LogP contribution in [0.2, 0.25) is 0 Å². The van der Waals surface area contributed by atoms with Crippen LogP contribution in [0.3, 0.4) is 0 Å². The fraction of sp³-hybridized carbons (Fsp3) is 0.267. The lowest BCUT2D eigenvalue weighted by molar-refractivity contribution is -0.120. The molecule has 1 heterocycles. The van der Waals surface area contributed by atoms with Crippen LogP contribution < -0.4 is 15.4 Å². The Bertz CT molecular complexity index is 671. The zero-order valence-electron chi connectivity index (χ0n) is 12.8. The van der Waals surface area contributed by atoms with Crippen LogP contribution in [-0.4, -0.2) is 36.7 Å². The number of methoxy groups -OCH3 is 1. The number of hydrogen-bond acceptors (Lipinski definition) is 6. The van der Waals surface area contributed by atoms with Crippen molar-refractivity contribution in [2.75, 3.05) is 25.2 Å². The third kappa shape index (κ3) is 5.57. The Morgan fingerprint density at radius 1 is 1.26 bits per heavy atom. The number of nitrogens with one attached hydrogen (secondary N) is 2. The van der Waals surface area contributed by atoms with E-state index in [0.717, 1.165) is 15.8 Å². The van der Waals surface area contributed by atoms with Gasteiger partial charge in [0.05, 0.1) is 25.0 Å². The molecule has 0 saturated heterocycles. The summed E-state index contributed by atoms with van der Waals surface area (Å²) in [5, 5.41) is 7.20. The summed E-state index contributed by atoms with van der Waals surface area (Å²) in [6, 6.07) is 7.14. The van der Waals surface area contributed by atoms with Crippen LogP contribution in [0, 0.1) is 0 Å². The maximum absolute atomic E-state index is 11.9. The first-order chi connectivity index (χ1) is 11.1. The van der Waals surface area contributed by atoms with E-state index >= 15 is 0 Å². The van der Waals surface area contributed by atoms with Crippen molar-refractivity contribution in [2.24, 2.45) is 0 Å². The van der Waals surface area contributed by atoms with Gasteiger partial charge in [0.15, 0.2) is 4.34 Å². The average Bonchev–Trinajstić information content (AvgIpc) is 3.01. The van der Waals surface area contributed by atoms with E-state index in [1.165, 1.54) is 23.1 Å². The van der Waals surface area contributed by atoms with E-state index in [1.54, 1.807) is 38.4 Å². The number of rotatable bonds is 7. The number of ether oxygens (including phenoxy) is 1. The van der Waals surface area contributed by atoms with E-state index in [4.69, 9.17) is 4.74 Å². The molecule has 0 bridgehead atoms. The number of amides is 2. The Morgan fingerprint density at radius 2 is 2.00 bits per heavy atom. The number of thiazole rings is 1. The van der Waals surface area contributed by atoms with Gasteiger partial charge in [-0.25, -0.2) is 4.98 Å². The molecule has 0 radical (unpaired) electrons. The molecular weight excluding hydrogens is 334 g/mol. The van der Waals surface area contributed by atoms with Crippen LogP contribution in [0.4, 0.5) is 5.69 Å². The fourth-order valence-corrected chi connectivity index (χ4v) is 3.33. The van der Waals surface area contributed by atoms with Gasteiger partial charge in [0.1, 0.15) is 5.75 Å². The smallest absolute Gasteiger partial charge is 0.234 e. The maximum atomic E-state index is 11.9. The number of likely N-dealkylation sites (N-methyl/N-ethyl adjacent to an activating group) is 1. The van der Waals surface area contributed by atoms with Crippen molar-refractivity contribution in [3.05, 3.63) is 35.3 Å². The number of carbonyl (C=O) groups is 2. The molecule has 0 spiro atoms. The summed E-state index contributed by atoms with van der Waals surface area (Å²) in [6.07, 6.45) is 0.256. The minimum Gasteiger partial charge on any atom is -0.497 e. The lowest BCUT2D eigenvalue weighted by atomic mass is 10.3. The van der Waals surface area contributed by atoms with Crippen molar-refractivity contribution in [3.8, 4) is 5.75 Å². The topological polar surface area (TPSA) is 80.3 Å². The summed E-state index contributed by atoms with van der Waals surface area (Å²) in [6.45, 7) is 0. The molecule has 2 amide bonds. The SMILES string of the molecule is CNC(=O)Cc1csc(SCC(=O)Nc2ccc(OC)cc2)n1. The fourth-order valence-electron chi connectivity index (χ4n) is 1.69. The summed E-state index contributed by atoms with van der Waals surface area (Å²) in [7, 11) is 3.19. The minimum absolute atomic E-state index is 0.0795. The quantitative estimate of drug-likeness (QED) is 0.747. The average molecular weight is 351 g/mol. The van der Waals surface area contributed by atoms with E-state index in [2.05, 4.69) is 15.6 Å². The van der Waals surface area contributed by atoms with E-state index in [9.17, 15) is 9.59 Å². The molecule has 0 unspecified atom stereocenters. The lowest BCUT2D eigenvalue weighted by Crippen LogP contribution is -2.20. The largest absolute Gasteiger partial charge is 0.497 e. The molecule has 1 aromatic carbocycles. The van der Waals surface area contributed by atoms with E-state index in [-0.39, 0.29) is 24.0 Å². The first kappa shape index (κ1) is 17.3. The summed E-state index contributed by atoms with van der Waals surface area (Å²) in [4.78, 5) is 27.5. The molecule has 0 fully saturated rings. The predicted molar refractivity (Wildman–Crippen MR) is 92.2 cm³/mol. The predicted octanol–water partition coefficient (Wildman–Crippen LogP) is 2.17. The second-order valence-corrected chi connectivity index (χ2v) is 6.60. The zero-order chi connectivity index (χ0) is 16.7. The van der Waals surface area contributed by atoms with Crippen molar-refractivity contribution in [1.82, 2.24) is 10.3 Å². The Labute approximate surface area is 142 Å². The minimum atomic E-state index is -0.108. The molecule has 23 heavy (non-hydrogen) atoms. The summed E-state index contributed by atoms with van der Waals surface area (Å²) >= 11 is 2.78. The van der Waals surface area contributed by atoms with E-state index in [1.807, 2.05) is 5.38 Å². The van der Waals surface area contributed by atoms with Crippen molar-refractivity contribution in [1.29, 1.82) is 0 Å². The molecule has 0 aliphatic rings. The lowest BCUT2D eigenvalue weighted by Gasteiger charge is -2.05. The maximum Gasteiger partial charge on any atom is 0.234 e. The van der Waals surface area contributed by atoms with Gasteiger partial charge in [0.2, 0.25) is 11.8 Å². The highest BCUT2D eigenvalue weighted by Crippen LogP contribution is 2.23. The van der Waals surface area contributed by atoms with Crippen molar-refractivity contribution in [2.45, 2.75) is 10.8 Å². The number of nitrogens with zero attached hydrogens (tertiary/aromatic N) is 1. The number of anilines is 1. The van der Waals surface area contributed by atoms with Crippen LogP contribution >= 0.6 is 23.1 Å². The second-order valence-electron chi connectivity index (χ2n) is 4.52. The van der Waals surface area contributed by atoms with Crippen molar-refractivity contribution in [3.63, 3.8) is 0 Å². The van der Waals surface area contributed by atoms with Crippen LogP contribution in [-0.2, 0) is 16.0 Å². The van der Waals surface area contributed by atoms with Gasteiger partial charge in [-0.2, -0.15) is 0 Å². The molecule has 6 nitrogen and oxygen atoms in total. The molecule has 0 saturated carbocycles. The van der Waals surface area contributed by atoms with E-state index in [0.29, 0.717) is 5.69 Å². The summed E-state index contributed by atoms with van der Waals surface area (Å²) < 4.78 is 5.84. The molecule has 2 N–H and O–H groups in total. The Morgan fingerprint density at radius 3 is 2.65 bits per heavy atom. The standard InChI is InChI=1S/C15H17N3O3S2/c1-16-13(19)7-11-8-22-15(18-11)23-9-14(20)17-10-3-5-12(21-2)6-4-10/h3-6,8H,7,9H2,1-2H3,(H,16,19)(H,17,20). The monoisotopic (exact) mass is 351 g/mol. The molecule has 1 aromatic heterocycles. The number of hydrogen-bond donors (Lipinski definition) is 2. The molecule has 122 valence electrons. The molecular formula is C15H17N3O3S2. The Hall–Kier alpha value is -2.06. The van der Waals surface area contributed by atoms with Crippen molar-refractivity contribution < 1.29 is 14.3 Å². The number of thioether (sulfide) groups is 1. The van der Waals surface area contributed by atoms with E-state index < -0.39 is 0 Å². The highest BCUT2D eigenvalue weighted by atomic mass is 32.2. The van der Waals surface area contributed by atoms with Crippen LogP contribution in [0.1, 0.15) is 5.69 Å². The number of aromatic nitrogens is 1. The van der Waals surface area contributed by atoms with Gasteiger partial charge < -0.3 is 15.4 Å².